The van der Waals surface area contributed by atoms with E-state index in [0.717, 1.165) is 28.2 Å². The number of thioether (sulfide) groups is 1. The van der Waals surface area contributed by atoms with Gasteiger partial charge in [0.2, 0.25) is 0 Å². The summed E-state index contributed by atoms with van der Waals surface area (Å²) in [6.45, 7) is 3.06. The summed E-state index contributed by atoms with van der Waals surface area (Å²) >= 11 is 1.72. The van der Waals surface area contributed by atoms with Gasteiger partial charge >= 0.3 is 5.97 Å². The molecule has 222 valence electrons. The van der Waals surface area contributed by atoms with E-state index >= 15 is 0 Å². The average Bonchev–Trinajstić information content (AvgIpc) is 3.46. The number of hydrogen-bond acceptors (Lipinski definition) is 9. The van der Waals surface area contributed by atoms with E-state index < -0.39 is 19.2 Å². The number of nitriles is 1. The van der Waals surface area contributed by atoms with Crippen LogP contribution < -0.4 is 9.47 Å². The highest BCUT2D eigenvalue weighted by atomic mass is 32.2. The zero-order valence-electron chi connectivity index (χ0n) is 24.1. The number of carbonyl (C=O) groups excluding carboxylic acids is 1. The monoisotopic (exact) mass is 609 g/mol. The molecule has 1 fully saturated rings. The van der Waals surface area contributed by atoms with Gasteiger partial charge in [-0.3, -0.25) is 4.79 Å². The molecule has 1 aliphatic heterocycles. The number of carbonyl (C=O) groups is 1. The molecule has 2 unspecified atom stereocenters. The van der Waals surface area contributed by atoms with Gasteiger partial charge in [-0.05, 0) is 41.0 Å². The van der Waals surface area contributed by atoms with E-state index in [0.29, 0.717) is 26.2 Å². The van der Waals surface area contributed by atoms with Crippen molar-refractivity contribution >= 4 is 26.1 Å². The molecule has 10 heteroatoms. The number of methoxy groups -OCH3 is 2. The van der Waals surface area contributed by atoms with Crippen molar-refractivity contribution in [2.24, 2.45) is 0 Å². The van der Waals surface area contributed by atoms with E-state index in [1.54, 1.807) is 32.6 Å². The zero-order valence-corrected chi connectivity index (χ0v) is 25.8. The summed E-state index contributed by atoms with van der Waals surface area (Å²) in [5.41, 5.74) is 3.20. The van der Waals surface area contributed by atoms with E-state index in [2.05, 4.69) is 36.4 Å². The van der Waals surface area contributed by atoms with Crippen molar-refractivity contribution in [3.8, 4) is 17.6 Å². The number of hydrogen-bond donors (Lipinski definition) is 0. The van der Waals surface area contributed by atoms with Gasteiger partial charge in [-0.1, -0.05) is 54.6 Å². The first-order chi connectivity index (χ1) is 20.5. The van der Waals surface area contributed by atoms with Gasteiger partial charge in [0.05, 0.1) is 69.6 Å². The highest BCUT2D eigenvalue weighted by Crippen LogP contribution is 2.52. The highest BCUT2D eigenvalue weighted by molar-refractivity contribution is 8.01. The van der Waals surface area contributed by atoms with Crippen LogP contribution in [-0.4, -0.2) is 64.6 Å². The summed E-state index contributed by atoms with van der Waals surface area (Å²) in [5.74, 6) is 1.19. The second-order valence-electron chi connectivity index (χ2n) is 9.49. The maximum atomic E-state index is 12.8. The normalized spacial score (nSPS) is 17.3. The van der Waals surface area contributed by atoms with Crippen molar-refractivity contribution in [1.29, 1.82) is 5.26 Å². The number of nitrogens with zero attached hydrogens (tertiary/aromatic N) is 1. The Morgan fingerprint density at radius 1 is 0.905 bits per heavy atom. The largest absolute Gasteiger partial charge is 0.497 e. The summed E-state index contributed by atoms with van der Waals surface area (Å²) in [4.78, 5) is 12.8. The van der Waals surface area contributed by atoms with Crippen molar-refractivity contribution < 1.29 is 32.8 Å². The van der Waals surface area contributed by atoms with Crippen molar-refractivity contribution in [3.63, 3.8) is 0 Å². The molecule has 0 aromatic heterocycles. The second kappa shape index (κ2) is 15.9. The molecule has 0 aliphatic carbocycles. The molecule has 1 saturated heterocycles. The number of ether oxygens (including phenoxy) is 4. The van der Waals surface area contributed by atoms with E-state index in [4.69, 9.17) is 33.3 Å². The fourth-order valence-corrected chi connectivity index (χ4v) is 7.22. The maximum Gasteiger partial charge on any atom is 0.308 e. The predicted octanol–water partition coefficient (Wildman–Crippen LogP) is 6.32. The van der Waals surface area contributed by atoms with E-state index in [-0.39, 0.29) is 24.2 Å². The SMILES string of the molecule is COc1ccc(C(SC2COC[C@@H]2OC(=O)CCOP(C)OCCC#N)(c2ccccc2)c2ccc(OC)cc2)cc1. The van der Waals surface area contributed by atoms with Crippen molar-refractivity contribution in [1.82, 2.24) is 0 Å². The van der Waals surface area contributed by atoms with Gasteiger partial charge in [0, 0.05) is 6.66 Å². The number of rotatable bonds is 15. The standard InChI is InChI=1S/C32H36NO7PS/c1-35-27-14-10-25(11-15-27)32(24-8-5-4-6-9-24,26-12-16-28(36-2)17-13-26)42-30-23-37-22-29(30)40-31(34)18-21-39-41(3)38-20-7-19-33/h4-6,8-17,29-30H,7,18,20-23H2,1-3H3/t29-,30?,41?/m0/s1. The maximum absolute atomic E-state index is 12.8. The molecule has 42 heavy (non-hydrogen) atoms. The molecule has 4 rings (SSSR count). The smallest absolute Gasteiger partial charge is 0.308 e. The lowest BCUT2D eigenvalue weighted by Crippen LogP contribution is -2.35. The average molecular weight is 610 g/mol. The molecule has 1 aliphatic rings. The molecule has 3 aromatic carbocycles. The Bertz CT molecular complexity index is 1250. The van der Waals surface area contributed by atoms with Gasteiger partial charge in [0.1, 0.15) is 17.6 Å². The van der Waals surface area contributed by atoms with Crippen molar-refractivity contribution in [3.05, 3.63) is 95.6 Å². The minimum atomic E-state index is -1.16. The molecule has 0 amide bonds. The second-order valence-corrected chi connectivity index (χ2v) is 12.3. The fraction of sp³-hybridized carbons (Fsp3) is 0.375. The van der Waals surface area contributed by atoms with Crippen LogP contribution in [0.1, 0.15) is 29.5 Å². The first kappa shape index (κ1) is 31.8. The lowest BCUT2D eigenvalue weighted by molar-refractivity contribution is -0.149. The van der Waals surface area contributed by atoms with Crippen LogP contribution in [0.4, 0.5) is 0 Å². The van der Waals surface area contributed by atoms with Crippen LogP contribution in [0.2, 0.25) is 0 Å². The van der Waals surface area contributed by atoms with Crippen molar-refractivity contribution in [2.75, 3.05) is 47.3 Å². The first-order valence-corrected chi connectivity index (χ1v) is 16.2. The van der Waals surface area contributed by atoms with Crippen LogP contribution in [0.25, 0.3) is 0 Å². The summed E-state index contributed by atoms with van der Waals surface area (Å²) < 4.78 is 33.2. The molecule has 0 N–H and O–H groups in total. The van der Waals surface area contributed by atoms with Gasteiger partial charge in [-0.15, -0.1) is 11.8 Å². The summed E-state index contributed by atoms with van der Waals surface area (Å²) in [6, 6.07) is 28.5. The fourth-order valence-electron chi connectivity index (χ4n) is 4.73. The van der Waals surface area contributed by atoms with Crippen LogP contribution in [0.15, 0.2) is 78.9 Å². The van der Waals surface area contributed by atoms with E-state index in [1.807, 2.05) is 48.5 Å². The van der Waals surface area contributed by atoms with Crippen molar-refractivity contribution in [2.45, 2.75) is 28.9 Å². The Hall–Kier alpha value is -3.12. The van der Waals surface area contributed by atoms with Crippen LogP contribution in [0.3, 0.4) is 0 Å². The van der Waals surface area contributed by atoms with E-state index in [1.165, 1.54) is 0 Å². The van der Waals surface area contributed by atoms with Gasteiger partial charge in [-0.25, -0.2) is 0 Å². The molecule has 3 atom stereocenters. The zero-order chi connectivity index (χ0) is 29.8. The van der Waals surface area contributed by atoms with Gasteiger partial charge < -0.3 is 28.0 Å². The molecule has 0 radical (unpaired) electrons. The lowest BCUT2D eigenvalue weighted by Gasteiger charge is -2.38. The van der Waals surface area contributed by atoms with Crippen LogP contribution in [0, 0.1) is 11.3 Å². The molecule has 8 nitrogen and oxygen atoms in total. The van der Waals surface area contributed by atoms with Crippen LogP contribution in [-0.2, 0) is 28.1 Å². The summed E-state index contributed by atoms with van der Waals surface area (Å²) in [6.07, 6.45) is -0.0312. The Labute approximate surface area is 253 Å². The Morgan fingerprint density at radius 3 is 2.05 bits per heavy atom. The predicted molar refractivity (Wildman–Crippen MR) is 164 cm³/mol. The van der Waals surface area contributed by atoms with Gasteiger partial charge in [-0.2, -0.15) is 5.26 Å². The number of esters is 1. The molecular formula is C32H36NO7PS. The third kappa shape index (κ3) is 8.03. The van der Waals surface area contributed by atoms with Gasteiger partial charge in [0.25, 0.3) is 0 Å². The van der Waals surface area contributed by atoms with Gasteiger partial charge in [0.15, 0.2) is 8.38 Å². The molecular weight excluding hydrogens is 573 g/mol. The Morgan fingerprint density at radius 2 is 1.48 bits per heavy atom. The Kier molecular flexibility index (Phi) is 12.1. The molecule has 0 spiro atoms. The lowest BCUT2D eigenvalue weighted by atomic mass is 9.84. The third-order valence-electron chi connectivity index (χ3n) is 6.83. The first-order valence-electron chi connectivity index (χ1n) is 13.7. The minimum Gasteiger partial charge on any atom is -0.497 e. The third-order valence-corrected chi connectivity index (χ3v) is 9.72. The van der Waals surface area contributed by atoms with Crippen LogP contribution >= 0.6 is 20.1 Å². The highest BCUT2D eigenvalue weighted by Gasteiger charge is 2.44. The topological polar surface area (TPSA) is 96.2 Å². The molecule has 0 bridgehead atoms. The number of benzene rings is 3. The van der Waals surface area contributed by atoms with Crippen LogP contribution in [0.5, 0.6) is 11.5 Å². The van der Waals surface area contributed by atoms with E-state index in [9.17, 15) is 4.79 Å². The quantitative estimate of drug-likeness (QED) is 0.0849. The molecule has 0 saturated carbocycles. The molecule has 1 heterocycles. The Balaban J connectivity index is 1.59. The minimum absolute atomic E-state index is 0.100. The molecule has 3 aromatic rings. The summed E-state index contributed by atoms with van der Waals surface area (Å²) in [7, 11) is 2.15. The summed E-state index contributed by atoms with van der Waals surface area (Å²) in [5, 5.41) is 8.50.